The Bertz CT molecular complexity index is 537. The molecule has 0 bridgehead atoms. The zero-order valence-electron chi connectivity index (χ0n) is 11.2. The molecule has 2 fully saturated rings. The monoisotopic (exact) mass is 404 g/mol. The summed E-state index contributed by atoms with van der Waals surface area (Å²) in [5.74, 6) is 1.16. The van der Waals surface area contributed by atoms with Crippen molar-refractivity contribution in [2.75, 3.05) is 13.1 Å². The Morgan fingerprint density at radius 1 is 1.35 bits per heavy atom. The van der Waals surface area contributed by atoms with Gasteiger partial charge in [-0.15, -0.1) is 0 Å². The van der Waals surface area contributed by atoms with Gasteiger partial charge < -0.3 is 10.6 Å². The lowest BCUT2D eigenvalue weighted by Crippen LogP contribution is -2.38. The second-order valence-electron chi connectivity index (χ2n) is 5.85. The van der Waals surface area contributed by atoms with E-state index in [4.69, 9.17) is 17.3 Å². The molecule has 3 unspecified atom stereocenters. The minimum absolute atomic E-state index is 0.0958. The standard InChI is InChI=1S/C15H18ClIN2O/c16-10-4-5-13(17)11(6-10)15(20)19-7-9-2-1-3-14(18)12(9)8-19/h4-6,9,12,14H,1-3,7-8,18H2. The SMILES string of the molecule is NC1CCCC2CN(C(=O)c3cc(Cl)ccc3I)CC12. The summed E-state index contributed by atoms with van der Waals surface area (Å²) in [4.78, 5) is 14.7. The molecule has 2 aliphatic rings. The summed E-state index contributed by atoms with van der Waals surface area (Å²) in [5.41, 5.74) is 6.93. The summed E-state index contributed by atoms with van der Waals surface area (Å²) >= 11 is 8.21. The van der Waals surface area contributed by atoms with Gasteiger partial charge in [-0.05, 0) is 65.5 Å². The number of carbonyl (C=O) groups is 1. The summed E-state index contributed by atoms with van der Waals surface area (Å²) < 4.78 is 0.955. The third-order valence-electron chi connectivity index (χ3n) is 4.60. The molecule has 0 aromatic heterocycles. The number of fused-ring (bicyclic) bond motifs is 1. The molecule has 20 heavy (non-hydrogen) atoms. The Hall–Kier alpha value is -0.330. The zero-order valence-corrected chi connectivity index (χ0v) is 14.1. The molecule has 1 aromatic carbocycles. The molecule has 1 saturated carbocycles. The van der Waals surface area contributed by atoms with Crippen LogP contribution in [0.1, 0.15) is 29.6 Å². The molecule has 1 aliphatic carbocycles. The highest BCUT2D eigenvalue weighted by Crippen LogP contribution is 2.36. The van der Waals surface area contributed by atoms with Crippen molar-refractivity contribution in [2.45, 2.75) is 25.3 Å². The molecule has 1 aromatic rings. The van der Waals surface area contributed by atoms with Crippen LogP contribution in [0.25, 0.3) is 0 Å². The van der Waals surface area contributed by atoms with E-state index in [0.717, 1.165) is 23.1 Å². The van der Waals surface area contributed by atoms with Gasteiger partial charge in [0.25, 0.3) is 5.91 Å². The first-order valence-corrected chi connectivity index (χ1v) is 8.52. The maximum Gasteiger partial charge on any atom is 0.255 e. The van der Waals surface area contributed by atoms with Gasteiger partial charge in [-0.25, -0.2) is 0 Å². The summed E-state index contributed by atoms with van der Waals surface area (Å²) in [6, 6.07) is 5.74. The van der Waals surface area contributed by atoms with Crippen LogP contribution in [-0.2, 0) is 0 Å². The van der Waals surface area contributed by atoms with Crippen LogP contribution in [0.4, 0.5) is 0 Å². The first-order chi connectivity index (χ1) is 9.56. The van der Waals surface area contributed by atoms with Crippen LogP contribution in [0, 0.1) is 15.4 Å². The largest absolute Gasteiger partial charge is 0.338 e. The number of rotatable bonds is 1. The number of halogens is 2. The van der Waals surface area contributed by atoms with Gasteiger partial charge in [-0.2, -0.15) is 0 Å². The fourth-order valence-corrected chi connectivity index (χ4v) is 4.25. The van der Waals surface area contributed by atoms with E-state index in [1.54, 1.807) is 6.07 Å². The number of benzene rings is 1. The zero-order chi connectivity index (χ0) is 14.3. The van der Waals surface area contributed by atoms with E-state index < -0.39 is 0 Å². The molecule has 0 radical (unpaired) electrons. The number of likely N-dealkylation sites (tertiary alicyclic amines) is 1. The lowest BCUT2D eigenvalue weighted by molar-refractivity contribution is 0.0782. The predicted molar refractivity (Wildman–Crippen MR) is 88.9 cm³/mol. The Morgan fingerprint density at radius 3 is 2.90 bits per heavy atom. The maximum absolute atomic E-state index is 12.7. The Balaban J connectivity index is 1.80. The molecule has 1 saturated heterocycles. The molecular formula is C15H18ClIN2O. The van der Waals surface area contributed by atoms with Crippen molar-refractivity contribution in [1.82, 2.24) is 4.90 Å². The number of hydrogen-bond donors (Lipinski definition) is 1. The minimum Gasteiger partial charge on any atom is -0.338 e. The first-order valence-electron chi connectivity index (χ1n) is 7.06. The topological polar surface area (TPSA) is 46.3 Å². The molecule has 108 valence electrons. The van der Waals surface area contributed by atoms with Crippen molar-refractivity contribution in [3.8, 4) is 0 Å². The Labute approximate surface area is 138 Å². The minimum atomic E-state index is 0.0958. The quantitative estimate of drug-likeness (QED) is 0.731. The van der Waals surface area contributed by atoms with Crippen molar-refractivity contribution < 1.29 is 4.79 Å². The molecule has 0 spiro atoms. The van der Waals surface area contributed by atoms with E-state index >= 15 is 0 Å². The molecule has 5 heteroatoms. The van der Waals surface area contributed by atoms with Crippen molar-refractivity contribution >= 4 is 40.1 Å². The Kier molecular flexibility index (Phi) is 4.24. The predicted octanol–water partition coefficient (Wildman–Crippen LogP) is 3.14. The van der Waals surface area contributed by atoms with Gasteiger partial charge in [0.15, 0.2) is 0 Å². The van der Waals surface area contributed by atoms with Crippen LogP contribution in [0.2, 0.25) is 5.02 Å². The van der Waals surface area contributed by atoms with E-state index in [1.165, 1.54) is 12.8 Å². The molecule has 3 nitrogen and oxygen atoms in total. The average Bonchev–Trinajstić information content (AvgIpc) is 2.86. The van der Waals surface area contributed by atoms with Gasteiger partial charge in [0, 0.05) is 27.7 Å². The van der Waals surface area contributed by atoms with E-state index in [0.29, 0.717) is 22.4 Å². The lowest BCUT2D eigenvalue weighted by atomic mass is 9.78. The lowest BCUT2D eigenvalue weighted by Gasteiger charge is -2.29. The number of nitrogens with zero attached hydrogens (tertiary/aromatic N) is 1. The molecular weight excluding hydrogens is 387 g/mol. The molecule has 1 heterocycles. The van der Waals surface area contributed by atoms with E-state index in [2.05, 4.69) is 22.6 Å². The highest BCUT2D eigenvalue weighted by molar-refractivity contribution is 14.1. The van der Waals surface area contributed by atoms with Crippen LogP contribution in [-0.4, -0.2) is 29.9 Å². The number of carbonyl (C=O) groups excluding carboxylic acids is 1. The van der Waals surface area contributed by atoms with E-state index in [-0.39, 0.29) is 11.9 Å². The molecule has 3 atom stereocenters. The van der Waals surface area contributed by atoms with Gasteiger partial charge >= 0.3 is 0 Å². The second-order valence-corrected chi connectivity index (χ2v) is 7.45. The van der Waals surface area contributed by atoms with Crippen molar-refractivity contribution in [2.24, 2.45) is 17.6 Å². The van der Waals surface area contributed by atoms with Gasteiger partial charge in [0.05, 0.1) is 5.56 Å². The summed E-state index contributed by atoms with van der Waals surface area (Å²) in [6.07, 6.45) is 3.49. The maximum atomic E-state index is 12.7. The average molecular weight is 405 g/mol. The fourth-order valence-electron chi connectivity index (χ4n) is 3.51. The van der Waals surface area contributed by atoms with Crippen molar-refractivity contribution in [3.63, 3.8) is 0 Å². The number of nitrogens with two attached hydrogens (primary N) is 1. The summed E-state index contributed by atoms with van der Waals surface area (Å²) in [5, 5.41) is 0.613. The van der Waals surface area contributed by atoms with Crippen LogP contribution in [0.5, 0.6) is 0 Å². The molecule has 2 N–H and O–H groups in total. The highest BCUT2D eigenvalue weighted by atomic mass is 127. The van der Waals surface area contributed by atoms with Crippen molar-refractivity contribution in [3.05, 3.63) is 32.4 Å². The van der Waals surface area contributed by atoms with Gasteiger partial charge in [-0.3, -0.25) is 4.79 Å². The van der Waals surface area contributed by atoms with Crippen LogP contribution >= 0.6 is 34.2 Å². The summed E-state index contributed by atoms with van der Waals surface area (Å²) in [6.45, 7) is 1.65. The van der Waals surface area contributed by atoms with E-state index in [1.807, 2.05) is 17.0 Å². The number of hydrogen-bond acceptors (Lipinski definition) is 2. The summed E-state index contributed by atoms with van der Waals surface area (Å²) in [7, 11) is 0. The molecule has 1 amide bonds. The second kappa shape index (κ2) is 5.81. The van der Waals surface area contributed by atoms with Crippen LogP contribution in [0.3, 0.4) is 0 Å². The molecule has 3 rings (SSSR count). The van der Waals surface area contributed by atoms with Crippen molar-refractivity contribution in [1.29, 1.82) is 0 Å². The number of amides is 1. The fraction of sp³-hybridized carbons (Fsp3) is 0.533. The highest BCUT2D eigenvalue weighted by Gasteiger charge is 2.40. The third kappa shape index (κ3) is 2.70. The third-order valence-corrected chi connectivity index (χ3v) is 5.78. The first kappa shape index (κ1) is 14.6. The van der Waals surface area contributed by atoms with E-state index in [9.17, 15) is 4.79 Å². The normalized spacial score (nSPS) is 29.4. The smallest absolute Gasteiger partial charge is 0.255 e. The van der Waals surface area contributed by atoms with Gasteiger partial charge in [0.1, 0.15) is 0 Å². The Morgan fingerprint density at radius 2 is 2.15 bits per heavy atom. The van der Waals surface area contributed by atoms with Gasteiger partial charge in [0.2, 0.25) is 0 Å². The van der Waals surface area contributed by atoms with Crippen LogP contribution in [0.15, 0.2) is 18.2 Å². The van der Waals surface area contributed by atoms with Gasteiger partial charge in [-0.1, -0.05) is 18.0 Å². The molecule has 1 aliphatic heterocycles. The van der Waals surface area contributed by atoms with Crippen LogP contribution < -0.4 is 5.73 Å².